The third kappa shape index (κ3) is 6.19. The summed E-state index contributed by atoms with van der Waals surface area (Å²) in [5.41, 5.74) is 0. The van der Waals surface area contributed by atoms with Gasteiger partial charge in [0.25, 0.3) is 0 Å². The molecular formula is C14H27O10P3. The molecule has 0 aromatic heterocycles. The summed E-state index contributed by atoms with van der Waals surface area (Å²) < 4.78 is 52.9. The van der Waals surface area contributed by atoms with Crippen molar-refractivity contribution in [3.8, 4) is 0 Å². The zero-order valence-corrected chi connectivity index (χ0v) is 17.8. The van der Waals surface area contributed by atoms with Crippen molar-refractivity contribution in [2.24, 2.45) is 17.8 Å². The lowest BCUT2D eigenvalue weighted by Gasteiger charge is -2.48. The van der Waals surface area contributed by atoms with Crippen LogP contribution in [-0.4, -0.2) is 40.2 Å². The highest BCUT2D eigenvalue weighted by Gasteiger charge is 2.46. The average Bonchev–Trinajstić information content (AvgIpc) is 2.83. The highest BCUT2D eigenvalue weighted by molar-refractivity contribution is 7.68. The SMILES string of the molecule is CP(=O)(O)OP(=O)(O)OP(=O)(O)OC[C@@H]1CC[C@H](C2CCC2C2CCC2)O1. The second-order valence-electron chi connectivity index (χ2n) is 7.67. The Hall–Kier alpha value is 0.410. The van der Waals surface area contributed by atoms with Gasteiger partial charge in [0, 0.05) is 6.66 Å². The third-order valence-electron chi connectivity index (χ3n) is 5.64. The molecule has 0 spiro atoms. The Kier molecular flexibility index (Phi) is 6.77. The zero-order chi connectivity index (χ0) is 19.9. The van der Waals surface area contributed by atoms with Gasteiger partial charge in [0.1, 0.15) is 0 Å². The Morgan fingerprint density at radius 3 is 2.07 bits per heavy atom. The summed E-state index contributed by atoms with van der Waals surface area (Å²) in [5, 5.41) is 0. The van der Waals surface area contributed by atoms with Crippen molar-refractivity contribution >= 4 is 23.2 Å². The molecule has 13 heteroatoms. The first-order chi connectivity index (χ1) is 12.4. The minimum atomic E-state index is -5.23. The summed E-state index contributed by atoms with van der Waals surface area (Å²) in [4.78, 5) is 27.8. The number of ether oxygens (including phenoxy) is 1. The normalized spacial score (nSPS) is 38.2. The van der Waals surface area contributed by atoms with Crippen LogP contribution in [0.4, 0.5) is 0 Å². The van der Waals surface area contributed by atoms with Crippen molar-refractivity contribution in [2.75, 3.05) is 13.3 Å². The molecule has 0 bridgehead atoms. The van der Waals surface area contributed by atoms with E-state index in [0.717, 1.165) is 24.7 Å². The van der Waals surface area contributed by atoms with E-state index in [1.807, 2.05) is 0 Å². The summed E-state index contributed by atoms with van der Waals surface area (Å²) in [6.45, 7) is 0.361. The molecule has 0 radical (unpaired) electrons. The van der Waals surface area contributed by atoms with E-state index in [9.17, 15) is 23.5 Å². The number of hydrogen-bond donors (Lipinski definition) is 3. The Bertz CT molecular complexity index is 674. The van der Waals surface area contributed by atoms with Crippen molar-refractivity contribution in [3.05, 3.63) is 0 Å². The van der Waals surface area contributed by atoms with Gasteiger partial charge in [-0.2, -0.15) is 4.31 Å². The largest absolute Gasteiger partial charge is 0.488 e. The van der Waals surface area contributed by atoms with Crippen molar-refractivity contribution in [1.82, 2.24) is 0 Å². The van der Waals surface area contributed by atoms with Gasteiger partial charge in [-0.3, -0.25) is 9.09 Å². The zero-order valence-electron chi connectivity index (χ0n) is 15.1. The molecule has 3 aliphatic rings. The van der Waals surface area contributed by atoms with Gasteiger partial charge in [0.2, 0.25) is 0 Å². The molecule has 1 aliphatic heterocycles. The van der Waals surface area contributed by atoms with E-state index in [4.69, 9.17) is 14.2 Å². The van der Waals surface area contributed by atoms with Crippen molar-refractivity contribution in [3.63, 3.8) is 0 Å². The summed E-state index contributed by atoms with van der Waals surface area (Å²) in [6, 6.07) is 0. The summed E-state index contributed by atoms with van der Waals surface area (Å²) in [6.07, 6.45) is 7.51. The van der Waals surface area contributed by atoms with E-state index in [1.165, 1.54) is 25.7 Å². The molecule has 158 valence electrons. The third-order valence-corrected chi connectivity index (χ3v) is 9.80. The van der Waals surface area contributed by atoms with Crippen LogP contribution in [0.2, 0.25) is 0 Å². The van der Waals surface area contributed by atoms with Crippen molar-refractivity contribution in [2.45, 2.75) is 57.2 Å². The topological polar surface area (TPSA) is 149 Å². The smallest absolute Gasteiger partial charge is 0.372 e. The first-order valence-electron chi connectivity index (χ1n) is 9.13. The summed E-state index contributed by atoms with van der Waals surface area (Å²) >= 11 is 0. The molecule has 2 aliphatic carbocycles. The maximum atomic E-state index is 11.8. The lowest BCUT2D eigenvalue weighted by Crippen LogP contribution is -2.42. The van der Waals surface area contributed by atoms with Crippen LogP contribution in [0.15, 0.2) is 0 Å². The number of hydrogen-bond acceptors (Lipinski definition) is 7. The van der Waals surface area contributed by atoms with Gasteiger partial charge >= 0.3 is 23.2 Å². The van der Waals surface area contributed by atoms with Crippen LogP contribution in [0.5, 0.6) is 0 Å². The van der Waals surface area contributed by atoms with Gasteiger partial charge in [0.15, 0.2) is 0 Å². The Labute approximate surface area is 158 Å². The predicted octanol–water partition coefficient (Wildman–Crippen LogP) is 3.43. The minimum Gasteiger partial charge on any atom is -0.372 e. The van der Waals surface area contributed by atoms with Gasteiger partial charge in [-0.15, -0.1) is 0 Å². The number of phosphoric ester groups is 1. The molecule has 0 aromatic rings. The minimum absolute atomic E-state index is 0.115. The lowest BCUT2D eigenvalue weighted by atomic mass is 9.59. The molecule has 0 amide bonds. The highest BCUT2D eigenvalue weighted by atomic mass is 31.3. The van der Waals surface area contributed by atoms with Crippen LogP contribution >= 0.6 is 23.2 Å². The highest BCUT2D eigenvalue weighted by Crippen LogP contribution is 2.66. The van der Waals surface area contributed by atoms with Crippen LogP contribution in [0.1, 0.15) is 44.9 Å². The Balaban J connectivity index is 1.44. The van der Waals surface area contributed by atoms with E-state index in [0.29, 0.717) is 19.0 Å². The maximum Gasteiger partial charge on any atom is 0.488 e. The van der Waals surface area contributed by atoms with E-state index < -0.39 is 29.3 Å². The molecule has 10 nitrogen and oxygen atoms in total. The first kappa shape index (κ1) is 22.1. The van der Waals surface area contributed by atoms with Crippen LogP contribution < -0.4 is 0 Å². The van der Waals surface area contributed by atoms with Crippen LogP contribution in [0, 0.1) is 17.8 Å². The van der Waals surface area contributed by atoms with E-state index in [2.05, 4.69) is 8.62 Å². The fraction of sp³-hybridized carbons (Fsp3) is 1.00. The molecule has 2 saturated carbocycles. The van der Waals surface area contributed by atoms with E-state index in [-0.39, 0.29) is 12.7 Å². The molecular weight excluding hydrogens is 421 g/mol. The fourth-order valence-corrected chi connectivity index (χ4v) is 7.68. The maximum absolute atomic E-state index is 11.8. The monoisotopic (exact) mass is 448 g/mol. The number of phosphoric acid groups is 2. The van der Waals surface area contributed by atoms with Gasteiger partial charge in [0.05, 0.1) is 18.8 Å². The molecule has 3 fully saturated rings. The predicted molar refractivity (Wildman–Crippen MR) is 95.0 cm³/mol. The second kappa shape index (κ2) is 8.27. The average molecular weight is 448 g/mol. The number of rotatable bonds is 9. The van der Waals surface area contributed by atoms with Crippen LogP contribution in [-0.2, 0) is 31.6 Å². The second-order valence-corrected chi connectivity index (χ2v) is 12.7. The first-order valence-corrected chi connectivity index (χ1v) is 14.1. The molecule has 0 aromatic carbocycles. The molecule has 5 unspecified atom stereocenters. The van der Waals surface area contributed by atoms with Gasteiger partial charge in [-0.05, 0) is 43.4 Å². The molecule has 3 N–H and O–H groups in total. The Morgan fingerprint density at radius 2 is 1.56 bits per heavy atom. The van der Waals surface area contributed by atoms with Gasteiger partial charge in [-0.1, -0.05) is 19.3 Å². The van der Waals surface area contributed by atoms with E-state index >= 15 is 0 Å². The van der Waals surface area contributed by atoms with Gasteiger partial charge < -0.3 is 19.4 Å². The van der Waals surface area contributed by atoms with Crippen LogP contribution in [0.25, 0.3) is 0 Å². The quantitative estimate of drug-likeness (QED) is 0.448. The fourth-order valence-electron chi connectivity index (χ4n) is 4.18. The lowest BCUT2D eigenvalue weighted by molar-refractivity contribution is -0.0755. The molecule has 7 atom stereocenters. The molecule has 1 saturated heterocycles. The van der Waals surface area contributed by atoms with Crippen molar-refractivity contribution < 1.29 is 46.3 Å². The van der Waals surface area contributed by atoms with Gasteiger partial charge in [-0.25, -0.2) is 13.4 Å². The Morgan fingerprint density at radius 1 is 0.889 bits per heavy atom. The molecule has 1 heterocycles. The van der Waals surface area contributed by atoms with Crippen molar-refractivity contribution in [1.29, 1.82) is 0 Å². The standard InChI is InChI=1S/C14H27O10P3/c1-25(15,16)23-27(19,20)24-26(17,18)21-9-11-5-8-14(22-11)13-7-6-12(13)10-3-2-4-10/h10-14H,2-9H2,1H3,(H,15,16)(H,17,18)(H,19,20)/t11-,12?,13?,14+/m0/s1. The summed E-state index contributed by atoms with van der Waals surface area (Å²) in [5.74, 6) is 2.07. The molecule has 27 heavy (non-hydrogen) atoms. The summed E-state index contributed by atoms with van der Waals surface area (Å²) in [7, 11) is -14.6. The van der Waals surface area contributed by atoms with E-state index in [1.54, 1.807) is 0 Å². The van der Waals surface area contributed by atoms with Crippen LogP contribution in [0.3, 0.4) is 0 Å². The molecule has 3 rings (SSSR count).